The highest BCUT2D eigenvalue weighted by Gasteiger charge is 2.34. The summed E-state index contributed by atoms with van der Waals surface area (Å²) in [5, 5.41) is 4.15. The molecular formula is C22H23N3O3. The fourth-order valence-electron chi connectivity index (χ4n) is 3.56. The zero-order valence-electron chi connectivity index (χ0n) is 16.1. The lowest BCUT2D eigenvalue weighted by molar-refractivity contribution is -0.128. The number of rotatable bonds is 6. The molecular weight excluding hydrogens is 354 g/mol. The number of hydrogen-bond donors (Lipinski definition) is 0. The lowest BCUT2D eigenvalue weighted by atomic mass is 10.1. The number of amides is 1. The molecule has 1 aliphatic heterocycles. The maximum Gasteiger partial charge on any atom is 0.261 e. The summed E-state index contributed by atoms with van der Waals surface area (Å²) in [6.07, 6.45) is 0.401. The normalized spacial score (nSPS) is 16.6. The molecule has 6 heteroatoms. The summed E-state index contributed by atoms with van der Waals surface area (Å²) < 4.78 is 11.1. The Morgan fingerprint density at radius 1 is 1.21 bits per heavy atom. The molecule has 28 heavy (non-hydrogen) atoms. The summed E-state index contributed by atoms with van der Waals surface area (Å²) in [5.74, 6) is 1.76. The highest BCUT2D eigenvalue weighted by Crippen LogP contribution is 2.32. The second-order valence-electron chi connectivity index (χ2n) is 7.05. The smallest absolute Gasteiger partial charge is 0.261 e. The third kappa shape index (κ3) is 3.76. The van der Waals surface area contributed by atoms with Crippen molar-refractivity contribution in [2.75, 3.05) is 13.2 Å². The molecule has 2 aromatic carbocycles. The Labute approximate surface area is 164 Å². The van der Waals surface area contributed by atoms with Crippen LogP contribution in [-0.4, -0.2) is 34.1 Å². The number of para-hydroxylation sites is 1. The molecule has 1 unspecified atom stereocenters. The topological polar surface area (TPSA) is 68.5 Å². The van der Waals surface area contributed by atoms with Gasteiger partial charge in [0.25, 0.3) is 5.89 Å². The molecule has 0 spiro atoms. The Hall–Kier alpha value is -3.15. The predicted octanol–water partition coefficient (Wildman–Crippen LogP) is 3.96. The van der Waals surface area contributed by atoms with Crippen molar-refractivity contribution in [2.24, 2.45) is 0 Å². The van der Waals surface area contributed by atoms with Crippen LogP contribution in [0.2, 0.25) is 0 Å². The fourth-order valence-corrected chi connectivity index (χ4v) is 3.56. The summed E-state index contributed by atoms with van der Waals surface area (Å²) in [6, 6.07) is 15.8. The summed E-state index contributed by atoms with van der Waals surface area (Å²) >= 11 is 0. The minimum absolute atomic E-state index is 0.0611. The molecule has 1 aromatic heterocycles. The Morgan fingerprint density at radius 3 is 2.89 bits per heavy atom. The first-order valence-corrected chi connectivity index (χ1v) is 9.53. The van der Waals surface area contributed by atoms with E-state index < -0.39 is 0 Å². The van der Waals surface area contributed by atoms with E-state index in [4.69, 9.17) is 9.26 Å². The molecule has 0 bridgehead atoms. The van der Waals surface area contributed by atoms with Crippen molar-refractivity contribution in [1.82, 2.24) is 15.0 Å². The Balaban J connectivity index is 1.50. The van der Waals surface area contributed by atoms with Gasteiger partial charge in [-0.25, -0.2) is 0 Å². The molecule has 0 saturated carbocycles. The second kappa shape index (κ2) is 7.84. The van der Waals surface area contributed by atoms with Gasteiger partial charge in [-0.3, -0.25) is 4.79 Å². The van der Waals surface area contributed by atoms with Crippen LogP contribution in [0.1, 0.15) is 36.2 Å². The highest BCUT2D eigenvalue weighted by atomic mass is 16.5. The number of aryl methyl sites for hydroxylation is 1. The molecule has 1 saturated heterocycles. The number of carbonyl (C=O) groups is 1. The van der Waals surface area contributed by atoms with Gasteiger partial charge < -0.3 is 14.2 Å². The maximum absolute atomic E-state index is 12.5. The first kappa shape index (κ1) is 18.2. The summed E-state index contributed by atoms with van der Waals surface area (Å²) in [6.45, 7) is 5.75. The van der Waals surface area contributed by atoms with Gasteiger partial charge in [-0.2, -0.15) is 4.98 Å². The molecule has 6 nitrogen and oxygen atoms in total. The maximum atomic E-state index is 12.5. The molecule has 1 aliphatic rings. The van der Waals surface area contributed by atoms with Crippen molar-refractivity contribution in [2.45, 2.75) is 32.7 Å². The van der Waals surface area contributed by atoms with Gasteiger partial charge in [-0.1, -0.05) is 47.1 Å². The van der Waals surface area contributed by atoms with Crippen LogP contribution in [0.4, 0.5) is 0 Å². The summed E-state index contributed by atoms with van der Waals surface area (Å²) in [7, 11) is 0. The molecule has 1 fully saturated rings. The van der Waals surface area contributed by atoms with Crippen LogP contribution in [-0.2, 0) is 11.3 Å². The molecule has 144 valence electrons. The molecule has 3 aromatic rings. The minimum atomic E-state index is -0.0611. The van der Waals surface area contributed by atoms with Gasteiger partial charge >= 0.3 is 0 Å². The van der Waals surface area contributed by atoms with Crippen LogP contribution in [0, 0.1) is 6.92 Å². The minimum Gasteiger partial charge on any atom is -0.493 e. The van der Waals surface area contributed by atoms with E-state index in [0.29, 0.717) is 43.6 Å². The Bertz CT molecular complexity index is 982. The molecule has 0 N–H and O–H groups in total. The van der Waals surface area contributed by atoms with Gasteiger partial charge in [0, 0.05) is 25.4 Å². The van der Waals surface area contributed by atoms with E-state index in [9.17, 15) is 4.79 Å². The van der Waals surface area contributed by atoms with Crippen LogP contribution in [0.3, 0.4) is 0 Å². The lowest BCUT2D eigenvalue weighted by Gasteiger charge is -2.16. The van der Waals surface area contributed by atoms with Gasteiger partial charge in [0.15, 0.2) is 5.82 Å². The first-order chi connectivity index (χ1) is 13.6. The SMILES string of the molecule is CCOc1ccccc1-c1nc(C2CC(=O)N(Cc3cccc(C)c3)C2)no1. The number of likely N-dealkylation sites (tertiary alicyclic amines) is 1. The second-order valence-corrected chi connectivity index (χ2v) is 7.05. The number of benzene rings is 2. The van der Waals surface area contributed by atoms with Crippen molar-refractivity contribution in [3.8, 4) is 17.2 Å². The monoisotopic (exact) mass is 377 g/mol. The summed E-state index contributed by atoms with van der Waals surface area (Å²) in [4.78, 5) is 18.9. The first-order valence-electron chi connectivity index (χ1n) is 9.53. The Morgan fingerprint density at radius 2 is 2.07 bits per heavy atom. The molecule has 1 amide bonds. The quantitative estimate of drug-likeness (QED) is 0.650. The molecule has 0 aliphatic carbocycles. The van der Waals surface area contributed by atoms with E-state index in [1.807, 2.05) is 48.2 Å². The molecule has 4 rings (SSSR count). The third-order valence-electron chi connectivity index (χ3n) is 4.89. The fraction of sp³-hybridized carbons (Fsp3) is 0.318. The van der Waals surface area contributed by atoms with Crippen LogP contribution < -0.4 is 4.74 Å². The average Bonchev–Trinajstić information content (AvgIpc) is 3.30. The van der Waals surface area contributed by atoms with E-state index in [1.54, 1.807) is 0 Å². The van der Waals surface area contributed by atoms with E-state index in [0.717, 1.165) is 11.1 Å². The molecule has 2 heterocycles. The average molecular weight is 377 g/mol. The van der Waals surface area contributed by atoms with Crippen molar-refractivity contribution in [1.29, 1.82) is 0 Å². The molecule has 1 atom stereocenters. The van der Waals surface area contributed by atoms with Crippen LogP contribution in [0.25, 0.3) is 11.5 Å². The van der Waals surface area contributed by atoms with Gasteiger partial charge in [-0.15, -0.1) is 0 Å². The number of carbonyl (C=O) groups excluding carboxylic acids is 1. The van der Waals surface area contributed by atoms with Crippen molar-refractivity contribution in [3.63, 3.8) is 0 Å². The van der Waals surface area contributed by atoms with Crippen LogP contribution in [0.5, 0.6) is 5.75 Å². The predicted molar refractivity (Wildman–Crippen MR) is 105 cm³/mol. The largest absolute Gasteiger partial charge is 0.493 e. The van der Waals surface area contributed by atoms with E-state index in [-0.39, 0.29) is 11.8 Å². The van der Waals surface area contributed by atoms with Crippen molar-refractivity contribution < 1.29 is 14.1 Å². The third-order valence-corrected chi connectivity index (χ3v) is 4.89. The van der Waals surface area contributed by atoms with E-state index in [2.05, 4.69) is 29.2 Å². The zero-order valence-corrected chi connectivity index (χ0v) is 16.1. The van der Waals surface area contributed by atoms with Gasteiger partial charge in [0.05, 0.1) is 12.2 Å². The van der Waals surface area contributed by atoms with Gasteiger partial charge in [0.2, 0.25) is 5.91 Å². The standard InChI is InChI=1S/C22H23N3O3/c1-3-27-19-10-5-4-9-18(19)22-23-21(24-28-22)17-12-20(26)25(14-17)13-16-8-6-7-15(2)11-16/h4-11,17H,3,12-14H2,1-2H3. The number of nitrogens with zero attached hydrogens (tertiary/aromatic N) is 3. The van der Waals surface area contributed by atoms with E-state index in [1.165, 1.54) is 5.56 Å². The van der Waals surface area contributed by atoms with Crippen LogP contribution in [0.15, 0.2) is 53.1 Å². The zero-order chi connectivity index (χ0) is 19.5. The summed E-state index contributed by atoms with van der Waals surface area (Å²) in [5.41, 5.74) is 3.09. The molecule has 0 radical (unpaired) electrons. The van der Waals surface area contributed by atoms with Crippen molar-refractivity contribution in [3.05, 3.63) is 65.5 Å². The number of aromatic nitrogens is 2. The Kier molecular flexibility index (Phi) is 5.10. The number of hydrogen-bond acceptors (Lipinski definition) is 5. The van der Waals surface area contributed by atoms with Gasteiger partial charge in [0.1, 0.15) is 5.75 Å². The lowest BCUT2D eigenvalue weighted by Crippen LogP contribution is -2.24. The van der Waals surface area contributed by atoms with Crippen LogP contribution >= 0.6 is 0 Å². The number of ether oxygens (including phenoxy) is 1. The van der Waals surface area contributed by atoms with Gasteiger partial charge in [-0.05, 0) is 31.5 Å². The van der Waals surface area contributed by atoms with E-state index >= 15 is 0 Å². The van der Waals surface area contributed by atoms with Crippen molar-refractivity contribution >= 4 is 5.91 Å². The highest BCUT2D eigenvalue weighted by molar-refractivity contribution is 5.79.